The van der Waals surface area contributed by atoms with Crippen molar-refractivity contribution >= 4 is 41.2 Å². The molecule has 0 unspecified atom stereocenters. The van der Waals surface area contributed by atoms with Gasteiger partial charge < -0.3 is 25.7 Å². The van der Waals surface area contributed by atoms with Gasteiger partial charge in [-0.1, -0.05) is 6.07 Å². The van der Waals surface area contributed by atoms with Crippen molar-refractivity contribution in [2.45, 2.75) is 58.2 Å². The summed E-state index contributed by atoms with van der Waals surface area (Å²) < 4.78 is 0. The van der Waals surface area contributed by atoms with Crippen LogP contribution < -0.4 is 10.6 Å². The van der Waals surface area contributed by atoms with Gasteiger partial charge in [-0.3, -0.25) is 28.8 Å². The van der Waals surface area contributed by atoms with Crippen LogP contribution in [-0.2, 0) is 46.8 Å². The van der Waals surface area contributed by atoms with Crippen LogP contribution in [0, 0.1) is 0 Å². The number of nitrogens with zero attached hydrogens (tertiary/aromatic N) is 1. The lowest BCUT2D eigenvalue weighted by Crippen LogP contribution is -2.34. The van der Waals surface area contributed by atoms with E-state index < -0.39 is 35.4 Å². The Bertz CT molecular complexity index is 1030. The molecule has 200 valence electrons. The number of imide groups is 1. The maximum atomic E-state index is 12.3. The second-order valence-corrected chi connectivity index (χ2v) is 8.24. The minimum absolute atomic E-state index is 0.0263. The maximum absolute atomic E-state index is 12.3. The molecule has 0 bridgehead atoms. The molecule has 0 aromatic heterocycles. The highest BCUT2D eigenvalue weighted by atomic mass is 16.7. The van der Waals surface area contributed by atoms with Crippen LogP contribution in [0.4, 0.5) is 0 Å². The predicted molar refractivity (Wildman–Crippen MR) is 124 cm³/mol. The van der Waals surface area contributed by atoms with E-state index in [2.05, 4.69) is 15.5 Å². The van der Waals surface area contributed by atoms with E-state index in [-0.39, 0.29) is 82.6 Å². The normalized spacial score (nSPS) is 12.9. The molecule has 0 spiro atoms. The molecule has 1 heterocycles. The number of Topliss-reactive ketones (excluding diaryl/α,β-unsaturated/α-hetero) is 2. The first-order valence-electron chi connectivity index (χ1n) is 11.6. The fourth-order valence-corrected chi connectivity index (χ4v) is 3.30. The van der Waals surface area contributed by atoms with Crippen LogP contribution in [0.3, 0.4) is 0 Å². The first-order chi connectivity index (χ1) is 17.6. The number of nitrogens with one attached hydrogen (secondary N) is 2. The summed E-state index contributed by atoms with van der Waals surface area (Å²) in [6.45, 7) is -1.04. The average Bonchev–Trinajstić information content (AvgIpc) is 3.20. The number of aliphatic hydroxyl groups is 2. The summed E-state index contributed by atoms with van der Waals surface area (Å²) in [6.07, 6.45) is -0.982. The number of aliphatic hydroxyl groups excluding tert-OH is 2. The van der Waals surface area contributed by atoms with Crippen molar-refractivity contribution in [1.29, 1.82) is 0 Å². The maximum Gasteiger partial charge on any atom is 0.334 e. The first kappa shape index (κ1) is 29.3. The Hall–Kier alpha value is -3.97. The van der Waals surface area contributed by atoms with Crippen molar-refractivity contribution in [3.63, 3.8) is 0 Å². The van der Waals surface area contributed by atoms with Gasteiger partial charge in [-0.2, -0.15) is 0 Å². The summed E-state index contributed by atoms with van der Waals surface area (Å²) in [7, 11) is 0. The molecule has 1 aromatic rings. The molecule has 13 heteroatoms. The Morgan fingerprint density at radius 3 is 1.95 bits per heavy atom. The molecule has 0 atom stereocenters. The zero-order valence-electron chi connectivity index (χ0n) is 20.1. The fraction of sp³-hybridized carbons (Fsp3) is 0.458. The number of carbonyl (C=O) groups is 7. The van der Waals surface area contributed by atoms with E-state index in [0.29, 0.717) is 16.2 Å². The standard InChI is InChI=1S/C24H29N3O10/c28-13-15-9-16(14-29)11-17(10-15)19(31)2-4-21(33)26-12-18(30)1-3-20(32)25-8-7-24(36)37-27-22(34)5-6-23(27)35/h9-11,28-29H,1-8,12-14H2,(H,25,32)(H,26,33). The summed E-state index contributed by atoms with van der Waals surface area (Å²) in [4.78, 5) is 87.2. The smallest absolute Gasteiger partial charge is 0.334 e. The van der Waals surface area contributed by atoms with Crippen molar-refractivity contribution in [3.8, 4) is 0 Å². The molecule has 37 heavy (non-hydrogen) atoms. The number of amides is 4. The molecule has 2 rings (SSSR count). The summed E-state index contributed by atoms with van der Waals surface area (Å²) in [5.74, 6) is -3.89. The lowest BCUT2D eigenvalue weighted by molar-refractivity contribution is -0.197. The Labute approximate surface area is 212 Å². The third-order valence-electron chi connectivity index (χ3n) is 5.28. The lowest BCUT2D eigenvalue weighted by Gasteiger charge is -2.12. The second kappa shape index (κ2) is 14.6. The molecule has 1 aliphatic heterocycles. The number of carbonyl (C=O) groups excluding carboxylic acids is 7. The third-order valence-corrected chi connectivity index (χ3v) is 5.28. The van der Waals surface area contributed by atoms with Gasteiger partial charge in [-0.25, -0.2) is 4.79 Å². The molecule has 4 N–H and O–H groups in total. The highest BCUT2D eigenvalue weighted by Crippen LogP contribution is 2.14. The number of hydrogen-bond acceptors (Lipinski definition) is 10. The van der Waals surface area contributed by atoms with Gasteiger partial charge in [-0.15, -0.1) is 5.06 Å². The van der Waals surface area contributed by atoms with Crippen LogP contribution in [0.25, 0.3) is 0 Å². The highest BCUT2D eigenvalue weighted by Gasteiger charge is 2.32. The van der Waals surface area contributed by atoms with Gasteiger partial charge in [0.2, 0.25) is 11.8 Å². The molecule has 4 amide bonds. The summed E-state index contributed by atoms with van der Waals surface area (Å²) in [5, 5.41) is 23.7. The van der Waals surface area contributed by atoms with Crippen molar-refractivity contribution in [3.05, 3.63) is 34.9 Å². The zero-order valence-corrected chi connectivity index (χ0v) is 20.1. The van der Waals surface area contributed by atoms with Crippen LogP contribution in [0.1, 0.15) is 66.4 Å². The van der Waals surface area contributed by atoms with Crippen LogP contribution in [0.15, 0.2) is 18.2 Å². The molecular weight excluding hydrogens is 490 g/mol. The average molecular weight is 520 g/mol. The summed E-state index contributed by atoms with van der Waals surface area (Å²) in [5.41, 5.74) is 1.18. The van der Waals surface area contributed by atoms with E-state index >= 15 is 0 Å². The lowest BCUT2D eigenvalue weighted by atomic mass is 10.0. The van der Waals surface area contributed by atoms with Crippen LogP contribution in [-0.4, -0.2) is 69.5 Å². The molecule has 1 fully saturated rings. The monoisotopic (exact) mass is 519 g/mol. The molecule has 1 aliphatic rings. The molecule has 0 saturated carbocycles. The topological polar surface area (TPSA) is 196 Å². The summed E-state index contributed by atoms with van der Waals surface area (Å²) in [6, 6.07) is 4.52. The van der Waals surface area contributed by atoms with E-state index in [1.165, 1.54) is 12.1 Å². The van der Waals surface area contributed by atoms with Crippen molar-refractivity contribution in [2.75, 3.05) is 13.1 Å². The van der Waals surface area contributed by atoms with Crippen LogP contribution >= 0.6 is 0 Å². The van der Waals surface area contributed by atoms with Gasteiger partial charge in [0, 0.05) is 50.6 Å². The highest BCUT2D eigenvalue weighted by molar-refractivity contribution is 6.01. The molecule has 0 aliphatic carbocycles. The third kappa shape index (κ3) is 9.89. The quantitative estimate of drug-likeness (QED) is 0.168. The number of hydrogen-bond donors (Lipinski definition) is 4. The molecule has 1 saturated heterocycles. The SMILES string of the molecule is O=C(CCC(=O)NCCC(=O)ON1C(=O)CCC1=O)CNC(=O)CCC(=O)c1cc(CO)cc(CO)c1. The Morgan fingerprint density at radius 1 is 0.784 bits per heavy atom. The van der Waals surface area contributed by atoms with Crippen LogP contribution in [0.2, 0.25) is 0 Å². The zero-order chi connectivity index (χ0) is 27.4. The number of benzene rings is 1. The van der Waals surface area contributed by atoms with E-state index in [1.54, 1.807) is 6.07 Å². The van der Waals surface area contributed by atoms with E-state index in [0.717, 1.165) is 0 Å². The van der Waals surface area contributed by atoms with Gasteiger partial charge in [0.05, 0.1) is 26.2 Å². The van der Waals surface area contributed by atoms with Crippen molar-refractivity contribution in [1.82, 2.24) is 15.7 Å². The number of rotatable bonds is 15. The Balaban J connectivity index is 1.60. The second-order valence-electron chi connectivity index (χ2n) is 8.24. The Kier molecular flexibility index (Phi) is 11.5. The number of hydroxylamine groups is 2. The van der Waals surface area contributed by atoms with Gasteiger partial charge in [-0.05, 0) is 23.3 Å². The first-order valence-corrected chi connectivity index (χ1v) is 11.6. The van der Waals surface area contributed by atoms with E-state index in [4.69, 9.17) is 0 Å². The minimum atomic E-state index is -0.865. The summed E-state index contributed by atoms with van der Waals surface area (Å²) >= 11 is 0. The van der Waals surface area contributed by atoms with E-state index in [9.17, 15) is 43.8 Å². The van der Waals surface area contributed by atoms with Crippen molar-refractivity contribution < 1.29 is 48.6 Å². The van der Waals surface area contributed by atoms with Gasteiger partial charge in [0.1, 0.15) is 0 Å². The van der Waals surface area contributed by atoms with E-state index in [1.807, 2.05) is 0 Å². The molecular formula is C24H29N3O10. The fourth-order valence-electron chi connectivity index (χ4n) is 3.30. The largest absolute Gasteiger partial charge is 0.392 e. The Morgan fingerprint density at radius 2 is 1.35 bits per heavy atom. The minimum Gasteiger partial charge on any atom is -0.392 e. The predicted octanol–water partition coefficient (Wildman–Crippen LogP) is -0.787. The molecule has 0 radical (unpaired) electrons. The number of ketones is 2. The van der Waals surface area contributed by atoms with Gasteiger partial charge in [0.25, 0.3) is 11.8 Å². The molecule has 13 nitrogen and oxygen atoms in total. The molecule has 1 aromatic carbocycles. The van der Waals surface area contributed by atoms with Gasteiger partial charge >= 0.3 is 5.97 Å². The van der Waals surface area contributed by atoms with Gasteiger partial charge in [0.15, 0.2) is 11.6 Å². The van der Waals surface area contributed by atoms with Crippen LogP contribution in [0.5, 0.6) is 0 Å². The van der Waals surface area contributed by atoms with Crippen molar-refractivity contribution in [2.24, 2.45) is 0 Å².